The summed E-state index contributed by atoms with van der Waals surface area (Å²) in [6.45, 7) is 3.93. The second kappa shape index (κ2) is 9.36. The lowest BCUT2D eigenvalue weighted by Crippen LogP contribution is -2.48. The van der Waals surface area contributed by atoms with E-state index in [1.165, 1.54) is 42.7 Å². The van der Waals surface area contributed by atoms with E-state index in [1.54, 1.807) is 18.4 Å². The van der Waals surface area contributed by atoms with Crippen molar-refractivity contribution >= 4 is 17.0 Å². The summed E-state index contributed by atoms with van der Waals surface area (Å²) in [5, 5.41) is 15.3. The third-order valence-corrected chi connectivity index (χ3v) is 7.54. The number of thiophene rings is 1. The Balaban J connectivity index is 1.36. The molecule has 3 aromatic rings. The van der Waals surface area contributed by atoms with Gasteiger partial charge in [-0.3, -0.25) is 4.90 Å². The van der Waals surface area contributed by atoms with Crippen molar-refractivity contribution in [3.8, 4) is 5.75 Å². The molecule has 0 unspecified atom stereocenters. The van der Waals surface area contributed by atoms with Gasteiger partial charge >= 0.3 is 0 Å². The fourth-order valence-corrected chi connectivity index (χ4v) is 5.77. The topological polar surface area (TPSA) is 59.3 Å². The number of hydrogen-bond acceptors (Lipinski definition) is 7. The zero-order valence-corrected chi connectivity index (χ0v) is 18.9. The van der Waals surface area contributed by atoms with Crippen LogP contribution < -0.4 is 9.64 Å². The van der Waals surface area contributed by atoms with E-state index in [1.807, 2.05) is 12.1 Å². The molecular formula is C23H30N6OS. The fraction of sp³-hybridized carbons (Fsp3) is 0.522. The molecule has 2 fully saturated rings. The number of anilines is 1. The molecule has 2 aliphatic rings. The summed E-state index contributed by atoms with van der Waals surface area (Å²) in [6.07, 6.45) is 6.23. The first-order chi connectivity index (χ1) is 15.3. The van der Waals surface area contributed by atoms with Crippen molar-refractivity contribution in [1.29, 1.82) is 0 Å². The molecule has 0 N–H and O–H groups in total. The highest BCUT2D eigenvalue weighted by molar-refractivity contribution is 7.10. The van der Waals surface area contributed by atoms with Gasteiger partial charge in [0.05, 0.1) is 13.2 Å². The van der Waals surface area contributed by atoms with Crippen molar-refractivity contribution in [3.63, 3.8) is 0 Å². The van der Waals surface area contributed by atoms with Gasteiger partial charge in [-0.25, -0.2) is 4.68 Å². The van der Waals surface area contributed by atoms with E-state index in [4.69, 9.17) is 4.74 Å². The standard InChI is InChI=1S/C23H30N6OS/c1-30-20-11-9-18(10-12-20)27-13-15-28(16-14-27)22(21-8-5-17-31-21)23-24-25-26-29(23)19-6-3-2-4-7-19/h5,8-12,17,19,22H,2-4,6-7,13-16H2,1H3/t22-/m1/s1. The Bertz CT molecular complexity index is 943. The number of tetrazole rings is 1. The van der Waals surface area contributed by atoms with E-state index in [9.17, 15) is 0 Å². The quantitative estimate of drug-likeness (QED) is 0.576. The Morgan fingerprint density at radius 3 is 2.45 bits per heavy atom. The van der Waals surface area contributed by atoms with Crippen molar-refractivity contribution in [2.24, 2.45) is 0 Å². The number of piperazine rings is 1. The van der Waals surface area contributed by atoms with Crippen molar-refractivity contribution in [1.82, 2.24) is 25.1 Å². The smallest absolute Gasteiger partial charge is 0.174 e. The Morgan fingerprint density at radius 1 is 1.00 bits per heavy atom. The number of methoxy groups -OCH3 is 1. The van der Waals surface area contributed by atoms with E-state index in [0.29, 0.717) is 6.04 Å². The van der Waals surface area contributed by atoms with Gasteiger partial charge in [-0.15, -0.1) is 16.4 Å². The average molecular weight is 439 g/mol. The lowest BCUT2D eigenvalue weighted by molar-refractivity contribution is 0.196. The normalized spacial score (nSPS) is 19.5. The van der Waals surface area contributed by atoms with Gasteiger partial charge in [0.2, 0.25) is 0 Å². The Hall–Kier alpha value is -2.45. The summed E-state index contributed by atoms with van der Waals surface area (Å²) < 4.78 is 7.44. The predicted octanol–water partition coefficient (Wildman–Crippen LogP) is 4.16. The van der Waals surface area contributed by atoms with E-state index in [2.05, 4.69) is 59.7 Å². The van der Waals surface area contributed by atoms with Gasteiger partial charge in [0.25, 0.3) is 0 Å². The van der Waals surface area contributed by atoms with Crippen LogP contribution in [-0.2, 0) is 0 Å². The maximum atomic E-state index is 5.30. The molecule has 31 heavy (non-hydrogen) atoms. The zero-order valence-electron chi connectivity index (χ0n) is 18.1. The van der Waals surface area contributed by atoms with Crippen LogP contribution in [0.15, 0.2) is 41.8 Å². The van der Waals surface area contributed by atoms with Crippen molar-refractivity contribution in [2.45, 2.75) is 44.2 Å². The van der Waals surface area contributed by atoms with Crippen LogP contribution in [0.5, 0.6) is 5.75 Å². The lowest BCUT2D eigenvalue weighted by Gasteiger charge is -2.39. The van der Waals surface area contributed by atoms with Crippen LogP contribution in [0, 0.1) is 0 Å². The van der Waals surface area contributed by atoms with Crippen LogP contribution in [0.2, 0.25) is 0 Å². The first-order valence-corrected chi connectivity index (χ1v) is 12.2. The van der Waals surface area contributed by atoms with Gasteiger partial charge in [0.15, 0.2) is 5.82 Å². The maximum Gasteiger partial charge on any atom is 0.174 e. The zero-order chi connectivity index (χ0) is 21.0. The number of nitrogens with zero attached hydrogens (tertiary/aromatic N) is 6. The molecule has 8 heteroatoms. The molecule has 1 aromatic carbocycles. The van der Waals surface area contributed by atoms with Gasteiger partial charge in [-0.2, -0.15) is 0 Å². The molecule has 0 amide bonds. The Kier molecular flexibility index (Phi) is 6.18. The van der Waals surface area contributed by atoms with Crippen molar-refractivity contribution in [3.05, 3.63) is 52.5 Å². The molecule has 1 saturated carbocycles. The van der Waals surface area contributed by atoms with Crippen LogP contribution in [0.4, 0.5) is 5.69 Å². The van der Waals surface area contributed by atoms with Crippen LogP contribution in [0.1, 0.15) is 54.9 Å². The molecule has 0 radical (unpaired) electrons. The van der Waals surface area contributed by atoms with E-state index in [0.717, 1.165) is 37.8 Å². The second-order valence-electron chi connectivity index (χ2n) is 8.41. The number of aromatic nitrogens is 4. The largest absolute Gasteiger partial charge is 0.497 e. The van der Waals surface area contributed by atoms with E-state index >= 15 is 0 Å². The molecule has 5 rings (SSSR count). The van der Waals surface area contributed by atoms with Gasteiger partial charge in [0, 0.05) is 36.7 Å². The maximum absolute atomic E-state index is 5.30. The molecule has 1 aliphatic heterocycles. The first-order valence-electron chi connectivity index (χ1n) is 11.3. The summed E-state index contributed by atoms with van der Waals surface area (Å²) in [5.41, 5.74) is 1.25. The monoisotopic (exact) mass is 438 g/mol. The molecule has 3 heterocycles. The second-order valence-corrected chi connectivity index (χ2v) is 9.39. The highest BCUT2D eigenvalue weighted by Crippen LogP contribution is 2.35. The van der Waals surface area contributed by atoms with Gasteiger partial charge in [-0.1, -0.05) is 25.3 Å². The minimum absolute atomic E-state index is 0.120. The molecule has 0 bridgehead atoms. The van der Waals surface area contributed by atoms with Crippen LogP contribution >= 0.6 is 11.3 Å². The molecular weight excluding hydrogens is 408 g/mol. The predicted molar refractivity (Wildman–Crippen MR) is 123 cm³/mol. The lowest BCUT2D eigenvalue weighted by atomic mass is 9.95. The van der Waals surface area contributed by atoms with Crippen molar-refractivity contribution < 1.29 is 4.74 Å². The molecule has 1 atom stereocenters. The van der Waals surface area contributed by atoms with E-state index < -0.39 is 0 Å². The summed E-state index contributed by atoms with van der Waals surface area (Å²) >= 11 is 1.80. The third-order valence-electron chi connectivity index (χ3n) is 6.61. The minimum Gasteiger partial charge on any atom is -0.497 e. The number of hydrogen-bond donors (Lipinski definition) is 0. The minimum atomic E-state index is 0.120. The summed E-state index contributed by atoms with van der Waals surface area (Å²) in [6, 6.07) is 13.3. The van der Waals surface area contributed by atoms with Gasteiger partial charge in [0.1, 0.15) is 11.8 Å². The Morgan fingerprint density at radius 2 is 1.77 bits per heavy atom. The summed E-state index contributed by atoms with van der Waals surface area (Å²) in [7, 11) is 1.71. The molecule has 1 aliphatic carbocycles. The molecule has 164 valence electrons. The first kappa shape index (κ1) is 20.5. The molecule has 2 aromatic heterocycles. The van der Waals surface area contributed by atoms with Gasteiger partial charge < -0.3 is 9.64 Å². The number of rotatable bonds is 6. The number of ether oxygens (including phenoxy) is 1. The van der Waals surface area contributed by atoms with Crippen molar-refractivity contribution in [2.75, 3.05) is 38.2 Å². The number of benzene rings is 1. The molecule has 1 saturated heterocycles. The van der Waals surface area contributed by atoms with E-state index in [-0.39, 0.29) is 6.04 Å². The van der Waals surface area contributed by atoms with Crippen LogP contribution in [0.3, 0.4) is 0 Å². The molecule has 7 nitrogen and oxygen atoms in total. The van der Waals surface area contributed by atoms with Gasteiger partial charge in [-0.05, 0) is 59.0 Å². The summed E-state index contributed by atoms with van der Waals surface area (Å²) in [4.78, 5) is 6.33. The SMILES string of the molecule is COc1ccc(N2CCN([C@H](c3cccs3)c3nnnn3C3CCCCC3)CC2)cc1. The third kappa shape index (κ3) is 4.32. The highest BCUT2D eigenvalue weighted by atomic mass is 32.1. The van der Waals surface area contributed by atoms with Crippen LogP contribution in [-0.4, -0.2) is 58.4 Å². The highest BCUT2D eigenvalue weighted by Gasteiger charge is 2.33. The summed E-state index contributed by atoms with van der Waals surface area (Å²) in [5.74, 6) is 1.90. The fourth-order valence-electron chi connectivity index (χ4n) is 4.91. The van der Waals surface area contributed by atoms with Crippen LogP contribution in [0.25, 0.3) is 0 Å². The average Bonchev–Trinajstić information content (AvgIpc) is 3.54. The molecule has 0 spiro atoms. The Labute approximate surface area is 187 Å².